The summed E-state index contributed by atoms with van der Waals surface area (Å²) in [4.78, 5) is 29.9. The van der Waals surface area contributed by atoms with Crippen LogP contribution in [0.2, 0.25) is 0 Å². The van der Waals surface area contributed by atoms with Crippen molar-refractivity contribution in [2.24, 2.45) is 0 Å². The monoisotopic (exact) mass is 340 g/mol. The lowest BCUT2D eigenvalue weighted by atomic mass is 10.1. The molecule has 1 heterocycles. The molecule has 0 bridgehead atoms. The van der Waals surface area contributed by atoms with E-state index in [-0.39, 0.29) is 24.4 Å². The molecule has 0 saturated heterocycles. The smallest absolute Gasteiger partial charge is 0.319 e. The van der Waals surface area contributed by atoms with Crippen LogP contribution in [0.3, 0.4) is 0 Å². The quantitative estimate of drug-likeness (QED) is 0.849. The number of nitrogens with zero attached hydrogens (tertiary/aromatic N) is 2. The number of urea groups is 1. The SMILES string of the molecule is CCC(NC(=O)Nc1ccccc1CC(=O)N(C)C)c1ccncc1. The fourth-order valence-electron chi connectivity index (χ4n) is 2.45. The van der Waals surface area contributed by atoms with Gasteiger partial charge in [0.15, 0.2) is 0 Å². The number of hydrogen-bond donors (Lipinski definition) is 2. The maximum atomic E-state index is 12.4. The van der Waals surface area contributed by atoms with Gasteiger partial charge in [-0.2, -0.15) is 0 Å². The molecule has 1 aromatic heterocycles. The zero-order valence-electron chi connectivity index (χ0n) is 14.8. The van der Waals surface area contributed by atoms with Crippen LogP contribution in [0.5, 0.6) is 0 Å². The van der Waals surface area contributed by atoms with Gasteiger partial charge in [0.25, 0.3) is 0 Å². The molecule has 2 N–H and O–H groups in total. The first kappa shape index (κ1) is 18.4. The van der Waals surface area contributed by atoms with Crippen molar-refractivity contribution in [3.05, 3.63) is 59.9 Å². The van der Waals surface area contributed by atoms with Crippen molar-refractivity contribution >= 4 is 17.6 Å². The minimum Gasteiger partial charge on any atom is -0.349 e. The number of pyridine rings is 1. The molecule has 6 nitrogen and oxygen atoms in total. The zero-order valence-corrected chi connectivity index (χ0v) is 14.8. The average Bonchev–Trinajstić information content (AvgIpc) is 2.62. The summed E-state index contributed by atoms with van der Waals surface area (Å²) < 4.78 is 0. The molecule has 2 rings (SSSR count). The number of nitrogens with one attached hydrogen (secondary N) is 2. The molecule has 0 radical (unpaired) electrons. The molecule has 25 heavy (non-hydrogen) atoms. The highest BCUT2D eigenvalue weighted by molar-refractivity contribution is 5.91. The zero-order chi connectivity index (χ0) is 18.2. The second-order valence-corrected chi connectivity index (χ2v) is 5.96. The van der Waals surface area contributed by atoms with Gasteiger partial charge in [0.2, 0.25) is 5.91 Å². The molecule has 0 fully saturated rings. The van der Waals surface area contributed by atoms with E-state index in [1.54, 1.807) is 32.6 Å². The van der Waals surface area contributed by atoms with E-state index in [0.717, 1.165) is 17.5 Å². The Hall–Kier alpha value is -2.89. The number of amides is 3. The standard InChI is InChI=1S/C19H24N4O2/c1-4-16(14-9-11-20-12-10-14)21-19(25)22-17-8-6-5-7-15(17)13-18(24)23(2)3/h5-12,16H,4,13H2,1-3H3,(H2,21,22,25). The van der Waals surface area contributed by atoms with Gasteiger partial charge in [0.1, 0.15) is 0 Å². The Balaban J connectivity index is 2.06. The Labute approximate surface area is 148 Å². The van der Waals surface area contributed by atoms with Crippen molar-refractivity contribution in [1.82, 2.24) is 15.2 Å². The van der Waals surface area contributed by atoms with Crippen molar-refractivity contribution in [2.75, 3.05) is 19.4 Å². The van der Waals surface area contributed by atoms with Gasteiger partial charge >= 0.3 is 6.03 Å². The Morgan fingerprint density at radius 1 is 1.12 bits per heavy atom. The summed E-state index contributed by atoms with van der Waals surface area (Å²) in [5.74, 6) is -0.0159. The molecule has 2 aromatic rings. The van der Waals surface area contributed by atoms with Crippen molar-refractivity contribution in [1.29, 1.82) is 0 Å². The molecule has 0 aliphatic carbocycles. The summed E-state index contributed by atoms with van der Waals surface area (Å²) >= 11 is 0. The Morgan fingerprint density at radius 2 is 1.80 bits per heavy atom. The van der Waals surface area contributed by atoms with Gasteiger partial charge in [-0.3, -0.25) is 9.78 Å². The maximum absolute atomic E-state index is 12.4. The van der Waals surface area contributed by atoms with Gasteiger partial charge in [0.05, 0.1) is 12.5 Å². The van der Waals surface area contributed by atoms with E-state index in [2.05, 4.69) is 15.6 Å². The lowest BCUT2D eigenvalue weighted by molar-refractivity contribution is -0.127. The fraction of sp³-hybridized carbons (Fsp3) is 0.316. The third kappa shape index (κ3) is 5.31. The van der Waals surface area contributed by atoms with Crippen LogP contribution in [0, 0.1) is 0 Å². The van der Waals surface area contributed by atoms with Crippen LogP contribution in [-0.2, 0) is 11.2 Å². The first-order chi connectivity index (χ1) is 12.0. The highest BCUT2D eigenvalue weighted by Gasteiger charge is 2.15. The molecular weight excluding hydrogens is 316 g/mol. The van der Waals surface area contributed by atoms with Gasteiger partial charge in [-0.15, -0.1) is 0 Å². The molecule has 1 unspecified atom stereocenters. The second-order valence-electron chi connectivity index (χ2n) is 5.96. The number of rotatable bonds is 6. The Kier molecular flexibility index (Phi) is 6.51. The van der Waals surface area contributed by atoms with Crippen LogP contribution in [0.15, 0.2) is 48.8 Å². The van der Waals surface area contributed by atoms with E-state index < -0.39 is 0 Å². The van der Waals surface area contributed by atoms with Gasteiger partial charge in [-0.05, 0) is 35.7 Å². The summed E-state index contributed by atoms with van der Waals surface area (Å²) in [6, 6.07) is 10.7. The van der Waals surface area contributed by atoms with E-state index >= 15 is 0 Å². The third-order valence-corrected chi connectivity index (χ3v) is 3.93. The number of likely N-dealkylation sites (N-methyl/N-ethyl adjacent to an activating group) is 1. The molecule has 0 aliphatic rings. The van der Waals surface area contributed by atoms with Crippen LogP contribution >= 0.6 is 0 Å². The largest absolute Gasteiger partial charge is 0.349 e. The molecule has 132 valence electrons. The first-order valence-electron chi connectivity index (χ1n) is 8.26. The third-order valence-electron chi connectivity index (χ3n) is 3.93. The van der Waals surface area contributed by atoms with Gasteiger partial charge in [-0.1, -0.05) is 25.1 Å². The molecule has 0 saturated carbocycles. The number of aromatic nitrogens is 1. The van der Waals surface area contributed by atoms with Crippen LogP contribution in [0.1, 0.15) is 30.5 Å². The van der Waals surface area contributed by atoms with Gasteiger partial charge in [0, 0.05) is 32.2 Å². The number of para-hydroxylation sites is 1. The second kappa shape index (κ2) is 8.82. The number of carbonyl (C=O) groups excluding carboxylic acids is 2. The molecule has 0 spiro atoms. The summed E-state index contributed by atoms with van der Waals surface area (Å²) in [6.45, 7) is 2.01. The highest BCUT2D eigenvalue weighted by atomic mass is 16.2. The fourth-order valence-corrected chi connectivity index (χ4v) is 2.45. The van der Waals surface area contributed by atoms with Crippen LogP contribution in [0.25, 0.3) is 0 Å². The molecule has 3 amide bonds. The van der Waals surface area contributed by atoms with E-state index in [4.69, 9.17) is 0 Å². The van der Waals surface area contributed by atoms with Crippen molar-refractivity contribution < 1.29 is 9.59 Å². The molecular formula is C19H24N4O2. The topological polar surface area (TPSA) is 74.3 Å². The minimum absolute atomic E-state index is 0.0159. The molecule has 0 aliphatic heterocycles. The Morgan fingerprint density at radius 3 is 2.44 bits per heavy atom. The number of anilines is 1. The summed E-state index contributed by atoms with van der Waals surface area (Å²) in [7, 11) is 3.43. The number of carbonyl (C=O) groups is 2. The van der Waals surface area contributed by atoms with Crippen molar-refractivity contribution in [3.63, 3.8) is 0 Å². The number of hydrogen-bond acceptors (Lipinski definition) is 3. The van der Waals surface area contributed by atoms with Crippen LogP contribution in [0.4, 0.5) is 10.5 Å². The van der Waals surface area contributed by atoms with Crippen molar-refractivity contribution in [3.8, 4) is 0 Å². The average molecular weight is 340 g/mol. The lowest BCUT2D eigenvalue weighted by Crippen LogP contribution is -2.33. The molecule has 6 heteroatoms. The first-order valence-corrected chi connectivity index (χ1v) is 8.26. The minimum atomic E-state index is -0.298. The predicted octanol–water partition coefficient (Wildman–Crippen LogP) is 2.99. The van der Waals surface area contributed by atoms with E-state index in [9.17, 15) is 9.59 Å². The van der Waals surface area contributed by atoms with Gasteiger partial charge in [-0.25, -0.2) is 4.79 Å². The molecule has 1 atom stereocenters. The summed E-state index contributed by atoms with van der Waals surface area (Å²) in [5, 5.41) is 5.81. The summed E-state index contributed by atoms with van der Waals surface area (Å²) in [6.07, 6.45) is 4.42. The van der Waals surface area contributed by atoms with E-state index in [1.807, 2.05) is 37.3 Å². The highest BCUT2D eigenvalue weighted by Crippen LogP contribution is 2.18. The Bertz CT molecular complexity index is 716. The normalized spacial score (nSPS) is 11.5. The lowest BCUT2D eigenvalue weighted by Gasteiger charge is -2.19. The van der Waals surface area contributed by atoms with Crippen LogP contribution < -0.4 is 10.6 Å². The predicted molar refractivity (Wildman–Crippen MR) is 98.3 cm³/mol. The van der Waals surface area contributed by atoms with E-state index in [1.165, 1.54) is 4.90 Å². The van der Waals surface area contributed by atoms with Crippen molar-refractivity contribution in [2.45, 2.75) is 25.8 Å². The van der Waals surface area contributed by atoms with Crippen LogP contribution in [-0.4, -0.2) is 35.9 Å². The number of benzene rings is 1. The molecule has 1 aromatic carbocycles. The van der Waals surface area contributed by atoms with E-state index in [0.29, 0.717) is 5.69 Å². The van der Waals surface area contributed by atoms with Gasteiger partial charge < -0.3 is 15.5 Å². The maximum Gasteiger partial charge on any atom is 0.319 e. The summed E-state index contributed by atoms with van der Waals surface area (Å²) in [5.41, 5.74) is 2.43.